The minimum atomic E-state index is -1.92. The Labute approximate surface area is 165 Å². The maximum atomic E-state index is 13.2. The highest BCUT2D eigenvalue weighted by Crippen LogP contribution is 2.44. The largest absolute Gasteiger partial charge is 0.375 e. The zero-order valence-corrected chi connectivity index (χ0v) is 15.8. The Hall–Kier alpha value is -2.47. The zero-order valence-electron chi connectivity index (χ0n) is 14.3. The van der Waals surface area contributed by atoms with Crippen molar-refractivity contribution in [1.82, 2.24) is 0 Å². The normalized spacial score (nSPS) is 18.6. The first-order chi connectivity index (χ1) is 13.0. The number of halogens is 1. The standard InChI is InChI=1S/C21H16ClNO3S/c22-15-8-9-17-16(11-15)21(26,12-18(24)19-7-4-10-27-19)20(25)23(17)13-14-5-2-1-3-6-14/h1-11,26H,12-13H2/t21-/m1/s1. The lowest BCUT2D eigenvalue weighted by atomic mass is 9.89. The third-order valence-corrected chi connectivity index (χ3v) is 5.84. The van der Waals surface area contributed by atoms with E-state index >= 15 is 0 Å². The van der Waals surface area contributed by atoms with Crippen molar-refractivity contribution in [2.24, 2.45) is 0 Å². The zero-order chi connectivity index (χ0) is 19.0. The summed E-state index contributed by atoms with van der Waals surface area (Å²) < 4.78 is 0. The molecule has 1 atom stereocenters. The predicted octanol–water partition coefficient (Wildman–Crippen LogP) is 4.41. The number of rotatable bonds is 5. The summed E-state index contributed by atoms with van der Waals surface area (Å²) in [5.41, 5.74) is -0.0352. The van der Waals surface area contributed by atoms with Crippen LogP contribution in [-0.4, -0.2) is 16.8 Å². The smallest absolute Gasteiger partial charge is 0.264 e. The van der Waals surface area contributed by atoms with Crippen LogP contribution in [0.15, 0.2) is 66.0 Å². The molecule has 27 heavy (non-hydrogen) atoms. The summed E-state index contributed by atoms with van der Waals surface area (Å²) in [6, 6.07) is 17.9. The molecule has 0 bridgehead atoms. The summed E-state index contributed by atoms with van der Waals surface area (Å²) in [6.07, 6.45) is -0.315. The summed E-state index contributed by atoms with van der Waals surface area (Å²) in [6.45, 7) is 0.309. The van der Waals surface area contributed by atoms with Crippen LogP contribution < -0.4 is 4.90 Å². The number of Topliss-reactive ketones (excluding diaryl/α,β-unsaturated/α-hetero) is 1. The molecule has 4 nitrogen and oxygen atoms in total. The van der Waals surface area contributed by atoms with Gasteiger partial charge in [0.25, 0.3) is 5.91 Å². The van der Waals surface area contributed by atoms with Gasteiger partial charge in [0.05, 0.1) is 23.5 Å². The van der Waals surface area contributed by atoms with Crippen LogP contribution in [0.1, 0.15) is 27.2 Å². The number of carbonyl (C=O) groups excluding carboxylic acids is 2. The number of thiophene rings is 1. The van der Waals surface area contributed by atoms with Gasteiger partial charge in [0.2, 0.25) is 0 Å². The van der Waals surface area contributed by atoms with Crippen LogP contribution in [-0.2, 0) is 16.9 Å². The highest BCUT2D eigenvalue weighted by molar-refractivity contribution is 7.12. The highest BCUT2D eigenvalue weighted by atomic mass is 35.5. The quantitative estimate of drug-likeness (QED) is 0.649. The van der Waals surface area contributed by atoms with Crippen molar-refractivity contribution in [1.29, 1.82) is 0 Å². The molecule has 3 aromatic rings. The van der Waals surface area contributed by atoms with Gasteiger partial charge in [-0.25, -0.2) is 0 Å². The van der Waals surface area contributed by atoms with E-state index in [1.54, 1.807) is 35.7 Å². The second-order valence-electron chi connectivity index (χ2n) is 6.48. The Bertz CT molecular complexity index is 1000. The Morgan fingerprint density at radius 3 is 2.59 bits per heavy atom. The number of hydrogen-bond donors (Lipinski definition) is 1. The molecule has 1 amide bonds. The van der Waals surface area contributed by atoms with Crippen LogP contribution in [0.5, 0.6) is 0 Å². The average molecular weight is 398 g/mol. The van der Waals surface area contributed by atoms with E-state index in [9.17, 15) is 14.7 Å². The van der Waals surface area contributed by atoms with E-state index in [4.69, 9.17) is 11.6 Å². The number of anilines is 1. The summed E-state index contributed by atoms with van der Waals surface area (Å²) >= 11 is 7.41. The van der Waals surface area contributed by atoms with E-state index in [1.165, 1.54) is 16.2 Å². The molecule has 1 aromatic heterocycles. The summed E-state index contributed by atoms with van der Waals surface area (Å²) in [5, 5.41) is 13.5. The van der Waals surface area contributed by atoms with Crippen LogP contribution in [0.4, 0.5) is 5.69 Å². The number of ketones is 1. The molecule has 1 aliphatic rings. The van der Waals surface area contributed by atoms with Gasteiger partial charge in [0.15, 0.2) is 11.4 Å². The van der Waals surface area contributed by atoms with Crippen molar-refractivity contribution in [2.75, 3.05) is 4.90 Å². The average Bonchev–Trinajstić information content (AvgIpc) is 3.26. The molecule has 4 rings (SSSR count). The molecule has 0 fully saturated rings. The van der Waals surface area contributed by atoms with Gasteiger partial charge in [-0.05, 0) is 35.2 Å². The molecule has 136 valence electrons. The van der Waals surface area contributed by atoms with Crippen molar-refractivity contribution >= 4 is 40.3 Å². The topological polar surface area (TPSA) is 57.6 Å². The summed E-state index contributed by atoms with van der Waals surface area (Å²) in [5.74, 6) is -0.776. The molecule has 1 N–H and O–H groups in total. The Morgan fingerprint density at radius 2 is 1.89 bits per heavy atom. The molecule has 0 saturated carbocycles. The number of carbonyl (C=O) groups is 2. The van der Waals surface area contributed by atoms with Crippen molar-refractivity contribution in [2.45, 2.75) is 18.6 Å². The van der Waals surface area contributed by atoms with E-state index in [-0.39, 0.29) is 12.2 Å². The van der Waals surface area contributed by atoms with Crippen LogP contribution in [0, 0.1) is 0 Å². The Morgan fingerprint density at radius 1 is 1.11 bits per heavy atom. The minimum absolute atomic E-state index is 0.270. The van der Waals surface area contributed by atoms with Crippen molar-refractivity contribution in [3.63, 3.8) is 0 Å². The third kappa shape index (κ3) is 3.18. The molecule has 0 unspecified atom stereocenters. The van der Waals surface area contributed by atoms with Gasteiger partial charge in [0.1, 0.15) is 0 Å². The van der Waals surface area contributed by atoms with Crippen molar-refractivity contribution in [3.8, 4) is 0 Å². The Balaban J connectivity index is 1.73. The molecule has 0 spiro atoms. The monoisotopic (exact) mass is 397 g/mol. The molecule has 6 heteroatoms. The van der Waals surface area contributed by atoms with E-state index in [0.29, 0.717) is 27.7 Å². The first-order valence-electron chi connectivity index (χ1n) is 8.44. The third-order valence-electron chi connectivity index (χ3n) is 4.69. The van der Waals surface area contributed by atoms with Crippen molar-refractivity contribution < 1.29 is 14.7 Å². The number of aliphatic hydroxyl groups is 1. The SMILES string of the molecule is O=C(C[C@]1(O)C(=O)N(Cc2ccccc2)c2ccc(Cl)cc21)c1cccs1. The molecular weight excluding hydrogens is 382 g/mol. The fraction of sp³-hybridized carbons (Fsp3) is 0.143. The maximum Gasteiger partial charge on any atom is 0.264 e. The molecule has 0 aliphatic carbocycles. The second-order valence-corrected chi connectivity index (χ2v) is 7.86. The van der Waals surface area contributed by atoms with Gasteiger partial charge in [-0.15, -0.1) is 11.3 Å². The van der Waals surface area contributed by atoms with E-state index < -0.39 is 11.5 Å². The molecular formula is C21H16ClNO3S. The lowest BCUT2D eigenvalue weighted by molar-refractivity contribution is -0.136. The van der Waals surface area contributed by atoms with Gasteiger partial charge < -0.3 is 10.0 Å². The first kappa shape index (κ1) is 17.9. The predicted molar refractivity (Wildman–Crippen MR) is 106 cm³/mol. The number of benzene rings is 2. The van der Waals surface area contributed by atoms with E-state index in [2.05, 4.69) is 0 Å². The van der Waals surface area contributed by atoms with Crippen LogP contribution in [0.25, 0.3) is 0 Å². The van der Waals surface area contributed by atoms with E-state index in [0.717, 1.165) is 5.56 Å². The summed E-state index contributed by atoms with van der Waals surface area (Å²) in [4.78, 5) is 27.8. The van der Waals surface area contributed by atoms with Crippen LogP contribution in [0.2, 0.25) is 5.02 Å². The highest BCUT2D eigenvalue weighted by Gasteiger charge is 2.51. The molecule has 2 heterocycles. The molecule has 2 aromatic carbocycles. The minimum Gasteiger partial charge on any atom is -0.375 e. The van der Waals surface area contributed by atoms with Crippen LogP contribution in [0.3, 0.4) is 0 Å². The maximum absolute atomic E-state index is 13.2. The molecule has 1 aliphatic heterocycles. The van der Waals surface area contributed by atoms with Gasteiger partial charge >= 0.3 is 0 Å². The lowest BCUT2D eigenvalue weighted by Crippen LogP contribution is -2.41. The second kappa shape index (κ2) is 6.93. The van der Waals surface area contributed by atoms with E-state index in [1.807, 2.05) is 30.3 Å². The molecule has 0 radical (unpaired) electrons. The summed E-state index contributed by atoms with van der Waals surface area (Å²) in [7, 11) is 0. The lowest BCUT2D eigenvalue weighted by Gasteiger charge is -2.22. The number of fused-ring (bicyclic) bond motifs is 1. The van der Waals surface area contributed by atoms with Gasteiger partial charge in [-0.2, -0.15) is 0 Å². The number of nitrogens with zero attached hydrogens (tertiary/aromatic N) is 1. The van der Waals surface area contributed by atoms with Gasteiger partial charge in [-0.1, -0.05) is 48.0 Å². The van der Waals surface area contributed by atoms with Gasteiger partial charge in [-0.3, -0.25) is 9.59 Å². The first-order valence-corrected chi connectivity index (χ1v) is 9.70. The number of hydrogen-bond acceptors (Lipinski definition) is 4. The van der Waals surface area contributed by atoms with Crippen LogP contribution >= 0.6 is 22.9 Å². The fourth-order valence-corrected chi connectivity index (χ4v) is 4.21. The van der Waals surface area contributed by atoms with Crippen molar-refractivity contribution in [3.05, 3.63) is 87.1 Å². The fourth-order valence-electron chi connectivity index (χ4n) is 3.37. The Kier molecular flexibility index (Phi) is 4.60. The number of amides is 1. The molecule has 0 saturated heterocycles. The van der Waals surface area contributed by atoms with Gasteiger partial charge in [0, 0.05) is 10.6 Å².